The van der Waals surface area contributed by atoms with E-state index in [2.05, 4.69) is 15.3 Å². The van der Waals surface area contributed by atoms with Crippen LogP contribution in [0.25, 0.3) is 27.7 Å². The smallest absolute Gasteiger partial charge is 0.168 e. The first-order valence-corrected chi connectivity index (χ1v) is 8.10. The van der Waals surface area contributed by atoms with Crippen molar-refractivity contribution in [1.82, 2.24) is 24.3 Å². The second kappa shape index (κ2) is 5.66. The maximum Gasteiger partial charge on any atom is 0.168 e. The molecule has 26 heavy (non-hydrogen) atoms. The zero-order chi connectivity index (χ0) is 17.5. The molecule has 0 bridgehead atoms. The molecule has 0 radical (unpaired) electrons. The minimum Gasteiger partial charge on any atom is -0.497 e. The second-order valence-corrected chi connectivity index (χ2v) is 5.83. The fourth-order valence-electron chi connectivity index (χ4n) is 3.05. The molecule has 0 amide bonds. The number of imidazole rings is 1. The third kappa shape index (κ3) is 2.21. The van der Waals surface area contributed by atoms with E-state index in [1.54, 1.807) is 32.0 Å². The zero-order valence-corrected chi connectivity index (χ0v) is 13.9. The van der Waals surface area contributed by atoms with Crippen LogP contribution in [0.2, 0.25) is 0 Å². The van der Waals surface area contributed by atoms with Gasteiger partial charge in [-0.15, -0.1) is 0 Å². The van der Waals surface area contributed by atoms with Gasteiger partial charge in [0.25, 0.3) is 0 Å². The quantitative estimate of drug-likeness (QED) is 0.540. The Labute approximate surface area is 148 Å². The van der Waals surface area contributed by atoms with E-state index in [0.29, 0.717) is 0 Å². The van der Waals surface area contributed by atoms with Gasteiger partial charge < -0.3 is 10.1 Å². The van der Waals surface area contributed by atoms with Crippen molar-refractivity contribution in [3.63, 3.8) is 0 Å². The number of benzene rings is 1. The summed E-state index contributed by atoms with van der Waals surface area (Å²) in [7, 11) is 1.65. The van der Waals surface area contributed by atoms with Crippen LogP contribution in [0.5, 0.6) is 5.75 Å². The van der Waals surface area contributed by atoms with Gasteiger partial charge in [-0.3, -0.25) is 9.38 Å². The van der Waals surface area contributed by atoms with Gasteiger partial charge in [-0.1, -0.05) is 6.07 Å². The number of anilines is 2. The monoisotopic (exact) mass is 342 g/mol. The number of aromatic nitrogens is 5. The lowest BCUT2D eigenvalue weighted by Gasteiger charge is -2.11. The van der Waals surface area contributed by atoms with Gasteiger partial charge in [0.2, 0.25) is 0 Å². The average molecular weight is 342 g/mol. The Bertz CT molecular complexity index is 1260. The van der Waals surface area contributed by atoms with E-state index in [1.807, 2.05) is 40.8 Å². The summed E-state index contributed by atoms with van der Waals surface area (Å²) in [5, 5.41) is 4.37. The van der Waals surface area contributed by atoms with Crippen LogP contribution in [-0.2, 0) is 0 Å². The van der Waals surface area contributed by atoms with Crippen LogP contribution in [0.3, 0.4) is 0 Å². The summed E-state index contributed by atoms with van der Waals surface area (Å²) in [5.41, 5.74) is 4.90. The van der Waals surface area contributed by atoms with Gasteiger partial charge in [0, 0.05) is 35.7 Å². The van der Waals surface area contributed by atoms with E-state index < -0.39 is 0 Å². The van der Waals surface area contributed by atoms with E-state index in [1.165, 1.54) is 0 Å². The van der Waals surface area contributed by atoms with Gasteiger partial charge in [0.05, 0.1) is 18.3 Å². The first-order valence-electron chi connectivity index (χ1n) is 8.10. The Balaban J connectivity index is 1.82. The highest BCUT2D eigenvalue weighted by molar-refractivity contribution is 6.06. The highest BCUT2D eigenvalue weighted by Crippen LogP contribution is 2.33. The minimum absolute atomic E-state index is 0.747. The summed E-state index contributed by atoms with van der Waals surface area (Å²) in [5.74, 6) is 0.780. The summed E-state index contributed by atoms with van der Waals surface area (Å²) in [6, 6.07) is 11.5. The summed E-state index contributed by atoms with van der Waals surface area (Å²) in [6.45, 7) is 0. The molecule has 5 aromatic rings. The molecule has 0 unspecified atom stereocenters. The summed E-state index contributed by atoms with van der Waals surface area (Å²) in [6.07, 6.45) is 6.97. The third-order valence-electron chi connectivity index (χ3n) is 4.27. The fraction of sp³-hybridized carbons (Fsp3) is 0.0526. The molecule has 126 valence electrons. The van der Waals surface area contributed by atoms with Crippen LogP contribution in [-0.4, -0.2) is 31.4 Å². The van der Waals surface area contributed by atoms with Crippen LogP contribution >= 0.6 is 0 Å². The lowest BCUT2D eigenvalue weighted by Crippen LogP contribution is -1.97. The molecular weight excluding hydrogens is 328 g/mol. The van der Waals surface area contributed by atoms with Crippen molar-refractivity contribution in [2.75, 3.05) is 12.4 Å². The Morgan fingerprint density at radius 3 is 2.88 bits per heavy atom. The second-order valence-electron chi connectivity index (χ2n) is 5.83. The van der Waals surface area contributed by atoms with Gasteiger partial charge in [-0.25, -0.2) is 15.0 Å². The summed E-state index contributed by atoms with van der Waals surface area (Å²) >= 11 is 0. The van der Waals surface area contributed by atoms with E-state index in [0.717, 1.165) is 44.8 Å². The number of nitrogens with zero attached hydrogens (tertiary/aromatic N) is 5. The molecule has 0 saturated carbocycles. The molecule has 7 heteroatoms. The molecular formula is C19H14N6O. The number of pyridine rings is 2. The predicted octanol–water partition coefficient (Wildman–Crippen LogP) is 3.58. The van der Waals surface area contributed by atoms with Gasteiger partial charge in [0.15, 0.2) is 5.65 Å². The SMILES string of the molecule is COc1cccc(Nc2c3cnccc3nc3c2nc2ccncn23)c1. The molecule has 0 atom stereocenters. The van der Waals surface area contributed by atoms with Crippen molar-refractivity contribution >= 4 is 39.1 Å². The highest BCUT2D eigenvalue weighted by Gasteiger charge is 2.15. The van der Waals surface area contributed by atoms with Gasteiger partial charge in [-0.05, 0) is 24.3 Å². The normalized spacial score (nSPS) is 11.3. The molecule has 5 rings (SSSR count). The molecule has 0 spiro atoms. The number of fused-ring (bicyclic) bond motifs is 4. The fourth-order valence-corrected chi connectivity index (χ4v) is 3.05. The summed E-state index contributed by atoms with van der Waals surface area (Å²) < 4.78 is 7.20. The Kier molecular flexibility index (Phi) is 3.18. The Morgan fingerprint density at radius 1 is 1.04 bits per heavy atom. The highest BCUT2D eigenvalue weighted by atomic mass is 16.5. The standard InChI is InChI=1S/C19H14N6O/c1-26-13-4-2-3-12(9-13)22-17-14-10-20-7-5-15(14)23-19-18(17)24-16-6-8-21-11-25(16)19/h2-11H,1H3,(H,22,23). The molecule has 7 nitrogen and oxygen atoms in total. The molecule has 1 aromatic carbocycles. The molecule has 0 saturated heterocycles. The van der Waals surface area contributed by atoms with Crippen molar-refractivity contribution in [3.8, 4) is 5.75 Å². The largest absolute Gasteiger partial charge is 0.497 e. The number of hydrogen-bond acceptors (Lipinski definition) is 6. The van der Waals surface area contributed by atoms with Crippen LogP contribution in [0.4, 0.5) is 11.4 Å². The molecule has 4 heterocycles. The topological polar surface area (TPSA) is 77.2 Å². The number of rotatable bonds is 3. The predicted molar refractivity (Wildman–Crippen MR) is 99.9 cm³/mol. The summed E-state index contributed by atoms with van der Waals surface area (Å²) in [4.78, 5) is 17.9. The first-order chi connectivity index (χ1) is 12.8. The van der Waals surface area contributed by atoms with Crippen LogP contribution < -0.4 is 10.1 Å². The maximum atomic E-state index is 5.32. The van der Waals surface area contributed by atoms with Crippen molar-refractivity contribution in [2.24, 2.45) is 0 Å². The number of hydrogen-bond donors (Lipinski definition) is 1. The van der Waals surface area contributed by atoms with Crippen molar-refractivity contribution < 1.29 is 4.74 Å². The minimum atomic E-state index is 0.747. The van der Waals surface area contributed by atoms with E-state index >= 15 is 0 Å². The van der Waals surface area contributed by atoms with Gasteiger partial charge in [-0.2, -0.15) is 0 Å². The van der Waals surface area contributed by atoms with Crippen molar-refractivity contribution in [3.05, 3.63) is 61.3 Å². The van der Waals surface area contributed by atoms with Crippen LogP contribution in [0.1, 0.15) is 0 Å². The Hall–Kier alpha value is -3.74. The average Bonchev–Trinajstić information content (AvgIpc) is 3.06. The van der Waals surface area contributed by atoms with E-state index in [9.17, 15) is 0 Å². The van der Waals surface area contributed by atoms with Gasteiger partial charge >= 0.3 is 0 Å². The molecule has 4 aromatic heterocycles. The molecule has 0 aliphatic heterocycles. The maximum absolute atomic E-state index is 5.32. The molecule has 0 aliphatic rings. The molecule has 0 fully saturated rings. The molecule has 1 N–H and O–H groups in total. The van der Waals surface area contributed by atoms with E-state index in [-0.39, 0.29) is 0 Å². The van der Waals surface area contributed by atoms with Crippen LogP contribution in [0, 0.1) is 0 Å². The lowest BCUT2D eigenvalue weighted by molar-refractivity contribution is 0.415. The number of methoxy groups -OCH3 is 1. The van der Waals surface area contributed by atoms with Crippen molar-refractivity contribution in [1.29, 1.82) is 0 Å². The van der Waals surface area contributed by atoms with Crippen molar-refractivity contribution in [2.45, 2.75) is 0 Å². The van der Waals surface area contributed by atoms with E-state index in [4.69, 9.17) is 14.7 Å². The third-order valence-corrected chi connectivity index (χ3v) is 4.27. The number of nitrogens with one attached hydrogen (secondary N) is 1. The van der Waals surface area contributed by atoms with Crippen LogP contribution in [0.15, 0.2) is 61.3 Å². The first kappa shape index (κ1) is 14.6. The van der Waals surface area contributed by atoms with Gasteiger partial charge in [0.1, 0.15) is 23.2 Å². The lowest BCUT2D eigenvalue weighted by atomic mass is 10.2. The zero-order valence-electron chi connectivity index (χ0n) is 13.9. The Morgan fingerprint density at radius 2 is 1.96 bits per heavy atom. The number of ether oxygens (including phenoxy) is 1. The molecule has 0 aliphatic carbocycles.